The van der Waals surface area contributed by atoms with E-state index in [9.17, 15) is 9.59 Å². The van der Waals surface area contributed by atoms with E-state index >= 15 is 0 Å². The van der Waals surface area contributed by atoms with Gasteiger partial charge in [-0.1, -0.05) is 32.0 Å². The van der Waals surface area contributed by atoms with E-state index in [1.165, 1.54) is 0 Å². The lowest BCUT2D eigenvalue weighted by atomic mass is 10.0. The van der Waals surface area contributed by atoms with Crippen LogP contribution in [-0.4, -0.2) is 29.5 Å². The van der Waals surface area contributed by atoms with Gasteiger partial charge in [0.2, 0.25) is 0 Å². The second-order valence-electron chi connectivity index (χ2n) is 5.88. The highest BCUT2D eigenvalue weighted by molar-refractivity contribution is 6.05. The van der Waals surface area contributed by atoms with Crippen molar-refractivity contribution in [1.29, 1.82) is 0 Å². The molecule has 1 aromatic heterocycles. The van der Waals surface area contributed by atoms with Crippen LogP contribution in [0.3, 0.4) is 0 Å². The molecule has 1 aromatic carbocycles. The maximum Gasteiger partial charge on any atom is 0.339 e. The third kappa shape index (κ3) is 3.91. The minimum Gasteiger partial charge on any atom is -0.452 e. The topological polar surface area (TPSA) is 68.3 Å². The van der Waals surface area contributed by atoms with Crippen molar-refractivity contribution >= 4 is 22.8 Å². The molecule has 2 rings (SSSR count). The molecule has 0 fully saturated rings. The number of carbonyl (C=O) groups excluding carboxylic acids is 2. The van der Waals surface area contributed by atoms with E-state index in [1.807, 2.05) is 52.0 Å². The van der Waals surface area contributed by atoms with Gasteiger partial charge in [0.15, 0.2) is 6.61 Å². The fourth-order valence-electron chi connectivity index (χ4n) is 2.59. The van der Waals surface area contributed by atoms with Crippen molar-refractivity contribution in [2.24, 2.45) is 0 Å². The van der Waals surface area contributed by atoms with Gasteiger partial charge < -0.3 is 10.1 Å². The molecule has 0 spiro atoms. The van der Waals surface area contributed by atoms with Crippen LogP contribution in [0.4, 0.5) is 0 Å². The maximum atomic E-state index is 12.6. The molecule has 0 radical (unpaired) electrons. The highest BCUT2D eigenvalue weighted by Gasteiger charge is 2.19. The molecule has 128 valence electrons. The van der Waals surface area contributed by atoms with E-state index < -0.39 is 5.97 Å². The quantitative estimate of drug-likeness (QED) is 0.827. The Morgan fingerprint density at radius 3 is 2.62 bits per heavy atom. The number of aromatic nitrogens is 1. The Hall–Kier alpha value is -2.43. The van der Waals surface area contributed by atoms with Crippen molar-refractivity contribution < 1.29 is 14.3 Å². The number of nitrogens with zero attached hydrogens (tertiary/aromatic N) is 1. The second-order valence-corrected chi connectivity index (χ2v) is 5.88. The lowest BCUT2D eigenvalue weighted by molar-refractivity contribution is -0.124. The van der Waals surface area contributed by atoms with Gasteiger partial charge in [-0.2, -0.15) is 0 Å². The summed E-state index contributed by atoms with van der Waals surface area (Å²) in [6.45, 7) is 7.48. The van der Waals surface area contributed by atoms with Gasteiger partial charge in [-0.05, 0) is 38.3 Å². The molecule has 0 saturated carbocycles. The van der Waals surface area contributed by atoms with Crippen LogP contribution in [-0.2, 0) is 16.0 Å². The predicted octanol–water partition coefficient (Wildman–Crippen LogP) is 3.18. The Morgan fingerprint density at radius 1 is 1.25 bits per heavy atom. The smallest absolute Gasteiger partial charge is 0.339 e. The molecular weight excluding hydrogens is 304 g/mol. The standard InChI is InChI=1S/C19H24N2O3/c1-5-12(3)20-17(22)11-24-19(23)18-13(4)15(6-2)21-16-10-8-7-9-14(16)18/h7-10,12H,5-6,11H2,1-4H3,(H,20,22). The van der Waals surface area contributed by atoms with Gasteiger partial charge in [0.05, 0.1) is 11.1 Å². The van der Waals surface area contributed by atoms with E-state index in [0.29, 0.717) is 5.56 Å². The summed E-state index contributed by atoms with van der Waals surface area (Å²) in [5, 5.41) is 3.53. The van der Waals surface area contributed by atoms with Crippen LogP contribution < -0.4 is 5.32 Å². The molecular formula is C19H24N2O3. The average molecular weight is 328 g/mol. The van der Waals surface area contributed by atoms with Crippen molar-refractivity contribution in [2.75, 3.05) is 6.61 Å². The Morgan fingerprint density at radius 2 is 1.96 bits per heavy atom. The molecule has 24 heavy (non-hydrogen) atoms. The number of nitrogens with one attached hydrogen (secondary N) is 1. The number of fused-ring (bicyclic) bond motifs is 1. The number of esters is 1. The fraction of sp³-hybridized carbons (Fsp3) is 0.421. The Balaban J connectivity index is 2.26. The first kappa shape index (κ1) is 17.9. The summed E-state index contributed by atoms with van der Waals surface area (Å²) in [6.07, 6.45) is 1.55. The summed E-state index contributed by atoms with van der Waals surface area (Å²) in [4.78, 5) is 29.0. The number of amides is 1. The van der Waals surface area contributed by atoms with Crippen molar-refractivity contribution in [3.8, 4) is 0 Å². The lowest BCUT2D eigenvalue weighted by Crippen LogP contribution is -2.35. The normalized spacial score (nSPS) is 12.0. The minimum atomic E-state index is -0.486. The van der Waals surface area contributed by atoms with Gasteiger partial charge in [0, 0.05) is 17.1 Å². The minimum absolute atomic E-state index is 0.0615. The van der Waals surface area contributed by atoms with Crippen LogP contribution in [0.5, 0.6) is 0 Å². The number of rotatable bonds is 6. The van der Waals surface area contributed by atoms with Crippen LogP contribution in [0, 0.1) is 6.92 Å². The van der Waals surface area contributed by atoms with Gasteiger partial charge in [0.25, 0.3) is 5.91 Å². The lowest BCUT2D eigenvalue weighted by Gasteiger charge is -2.14. The summed E-state index contributed by atoms with van der Waals surface area (Å²) in [5.41, 5.74) is 2.93. The Kier molecular flexibility index (Phi) is 5.90. The van der Waals surface area contributed by atoms with E-state index in [-0.39, 0.29) is 18.6 Å². The molecule has 1 N–H and O–H groups in total. The van der Waals surface area contributed by atoms with Gasteiger partial charge in [-0.15, -0.1) is 0 Å². The summed E-state index contributed by atoms with van der Waals surface area (Å²) < 4.78 is 5.24. The number of aryl methyl sites for hydroxylation is 1. The monoisotopic (exact) mass is 328 g/mol. The summed E-state index contributed by atoms with van der Waals surface area (Å²) >= 11 is 0. The number of benzene rings is 1. The van der Waals surface area contributed by atoms with Gasteiger partial charge >= 0.3 is 5.97 Å². The van der Waals surface area contributed by atoms with E-state index in [1.54, 1.807) is 0 Å². The summed E-state index contributed by atoms with van der Waals surface area (Å²) in [5.74, 6) is -0.774. The molecule has 1 heterocycles. The number of hydrogen-bond acceptors (Lipinski definition) is 4. The summed E-state index contributed by atoms with van der Waals surface area (Å²) in [7, 11) is 0. The molecule has 1 atom stereocenters. The van der Waals surface area contributed by atoms with Crippen LogP contribution in [0.1, 0.15) is 48.8 Å². The van der Waals surface area contributed by atoms with E-state index in [2.05, 4.69) is 10.3 Å². The number of carbonyl (C=O) groups is 2. The van der Waals surface area contributed by atoms with Crippen LogP contribution in [0.2, 0.25) is 0 Å². The van der Waals surface area contributed by atoms with Gasteiger partial charge in [-0.25, -0.2) is 4.79 Å². The molecule has 2 aromatic rings. The highest BCUT2D eigenvalue weighted by atomic mass is 16.5. The molecule has 5 heteroatoms. The zero-order valence-electron chi connectivity index (χ0n) is 14.7. The van der Waals surface area contributed by atoms with Crippen LogP contribution in [0.15, 0.2) is 24.3 Å². The van der Waals surface area contributed by atoms with E-state index in [0.717, 1.165) is 35.0 Å². The van der Waals surface area contributed by atoms with Crippen molar-refractivity contribution in [1.82, 2.24) is 10.3 Å². The third-order valence-electron chi connectivity index (χ3n) is 4.13. The predicted molar refractivity (Wildman–Crippen MR) is 94.0 cm³/mol. The zero-order valence-corrected chi connectivity index (χ0v) is 14.7. The first-order valence-electron chi connectivity index (χ1n) is 8.32. The Bertz CT molecular complexity index is 756. The molecule has 0 bridgehead atoms. The Labute approximate surface area is 142 Å². The highest BCUT2D eigenvalue weighted by Crippen LogP contribution is 2.24. The summed E-state index contributed by atoms with van der Waals surface area (Å²) in [6, 6.07) is 7.54. The molecule has 1 unspecified atom stereocenters. The third-order valence-corrected chi connectivity index (χ3v) is 4.13. The van der Waals surface area contributed by atoms with Crippen molar-refractivity contribution in [2.45, 2.75) is 46.6 Å². The van der Waals surface area contributed by atoms with Crippen molar-refractivity contribution in [3.05, 3.63) is 41.1 Å². The van der Waals surface area contributed by atoms with Gasteiger partial charge in [0.1, 0.15) is 0 Å². The molecule has 0 aliphatic rings. The largest absolute Gasteiger partial charge is 0.452 e. The van der Waals surface area contributed by atoms with Crippen molar-refractivity contribution in [3.63, 3.8) is 0 Å². The molecule has 0 saturated heterocycles. The fourth-order valence-corrected chi connectivity index (χ4v) is 2.59. The van der Waals surface area contributed by atoms with Crippen LogP contribution in [0.25, 0.3) is 10.9 Å². The number of pyridine rings is 1. The molecule has 1 amide bonds. The first-order chi connectivity index (χ1) is 11.5. The molecule has 5 nitrogen and oxygen atoms in total. The number of para-hydroxylation sites is 1. The average Bonchev–Trinajstić information content (AvgIpc) is 2.58. The maximum absolute atomic E-state index is 12.6. The zero-order chi connectivity index (χ0) is 17.7. The molecule has 0 aliphatic heterocycles. The van der Waals surface area contributed by atoms with Gasteiger partial charge in [-0.3, -0.25) is 9.78 Å². The SMILES string of the molecule is CCc1nc2ccccc2c(C(=O)OCC(=O)NC(C)CC)c1C. The molecule has 0 aliphatic carbocycles. The first-order valence-corrected chi connectivity index (χ1v) is 8.32. The second kappa shape index (κ2) is 7.90. The van der Waals surface area contributed by atoms with Crippen LogP contribution >= 0.6 is 0 Å². The number of hydrogen-bond donors (Lipinski definition) is 1. The van der Waals surface area contributed by atoms with E-state index in [4.69, 9.17) is 4.74 Å². The number of ether oxygens (including phenoxy) is 1.